The molecule has 0 amide bonds. The number of hydrogen-bond acceptors (Lipinski definition) is 14. The minimum atomic E-state index is -4.80. The Kier molecular flexibility index (Phi) is 45.0. The normalized spacial score (nSPS) is 11.7. The van der Waals surface area contributed by atoms with Gasteiger partial charge in [-0.05, 0) is 165 Å². The Morgan fingerprint density at radius 2 is 0.571 bits per heavy atom. The van der Waals surface area contributed by atoms with Crippen molar-refractivity contribution in [2.75, 3.05) is 26.4 Å². The van der Waals surface area contributed by atoms with Gasteiger partial charge in [0.05, 0.1) is 58.5 Å². The Hall–Kier alpha value is -3.64. The van der Waals surface area contributed by atoms with Crippen LogP contribution in [0, 0.1) is 0 Å². The molecule has 0 aliphatic carbocycles. The van der Waals surface area contributed by atoms with E-state index in [1.54, 1.807) is 0 Å². The van der Waals surface area contributed by atoms with Crippen molar-refractivity contribution in [3.63, 3.8) is 0 Å². The minimum absolute atomic E-state index is 0. The van der Waals surface area contributed by atoms with E-state index < -0.39 is 53.9 Å². The van der Waals surface area contributed by atoms with Crippen molar-refractivity contribution in [1.29, 1.82) is 0 Å². The molecule has 0 aromatic heterocycles. The van der Waals surface area contributed by atoms with Gasteiger partial charge in [0.25, 0.3) is 0 Å². The smallest absolute Gasteiger partial charge is 0.744 e. The number of unbranched alkanes of at least 4 members (excludes halogenated alkanes) is 20. The predicted molar refractivity (Wildman–Crippen MR) is 304 cm³/mol. The largest absolute Gasteiger partial charge is 2.00 e. The zero-order valence-electron chi connectivity index (χ0n) is 46.9. The van der Waals surface area contributed by atoms with Gasteiger partial charge in [-0.2, -0.15) is 0 Å². The van der Waals surface area contributed by atoms with E-state index in [0.29, 0.717) is 25.7 Å². The third-order valence-corrected chi connectivity index (χ3v) is 13.7. The number of carbonyl (C=O) groups is 4. The van der Waals surface area contributed by atoms with E-state index in [1.807, 2.05) is 0 Å². The molecule has 0 N–H and O–H groups in total. The molecule has 0 radical (unpaired) electrons. The van der Waals surface area contributed by atoms with E-state index in [2.05, 4.69) is 76.3 Å². The van der Waals surface area contributed by atoms with Gasteiger partial charge in [0, 0.05) is 0 Å². The maximum absolute atomic E-state index is 12.7. The van der Waals surface area contributed by atoms with Crippen LogP contribution < -0.4 is 0 Å². The van der Waals surface area contributed by atoms with Crippen LogP contribution in [0.2, 0.25) is 0 Å². The van der Waals surface area contributed by atoms with Crippen molar-refractivity contribution in [3.05, 3.63) is 107 Å². The van der Waals surface area contributed by atoms with Crippen LogP contribution >= 0.6 is 0 Å². The summed E-state index contributed by atoms with van der Waals surface area (Å²) in [4.78, 5) is 49.4. The molecule has 77 heavy (non-hydrogen) atoms. The van der Waals surface area contributed by atoms with Crippen LogP contribution in [0.3, 0.4) is 0 Å². The molecule has 0 unspecified atom stereocenters. The van der Waals surface area contributed by atoms with Crippen LogP contribution in [0.15, 0.2) is 94.8 Å². The van der Waals surface area contributed by atoms with Gasteiger partial charge in [-0.1, -0.05) is 128 Å². The summed E-state index contributed by atoms with van der Waals surface area (Å²) < 4.78 is 90.0. The van der Waals surface area contributed by atoms with Crippen LogP contribution in [0.25, 0.3) is 0 Å². The molecule has 0 aliphatic heterocycles. The molecule has 0 heterocycles. The average Bonchev–Trinajstić information content (AvgIpc) is 3.39. The molecule has 2 rings (SSSR count). The maximum Gasteiger partial charge on any atom is 2.00 e. The molecule has 0 bridgehead atoms. The fourth-order valence-electron chi connectivity index (χ4n) is 7.42. The first kappa shape index (κ1) is 73.4. The first-order valence-electron chi connectivity index (χ1n) is 28.1. The van der Waals surface area contributed by atoms with Crippen molar-refractivity contribution < 1.29 is 64.1 Å². The van der Waals surface area contributed by atoms with E-state index in [0.717, 1.165) is 139 Å². The Bertz CT molecular complexity index is 2130. The summed E-state index contributed by atoms with van der Waals surface area (Å²) >= 11 is 0. The van der Waals surface area contributed by atoms with Crippen LogP contribution in [-0.2, 0) is 39.2 Å². The summed E-state index contributed by atoms with van der Waals surface area (Å²) in [5.74, 6) is -3.20. The fraction of sp³-hybridized carbons (Fsp3) is 0.600. The Balaban J connectivity index is 0.00000148. The van der Waals surface area contributed by atoms with Crippen molar-refractivity contribution in [3.8, 4) is 0 Å². The zero-order chi connectivity index (χ0) is 56.1. The molecule has 428 valence electrons. The Morgan fingerprint density at radius 3 is 0.792 bits per heavy atom. The Labute approximate surface area is 493 Å². The number of hydrogen-bond donors (Lipinski definition) is 0. The van der Waals surface area contributed by atoms with Crippen LogP contribution in [0.5, 0.6) is 0 Å². The molecule has 0 saturated carbocycles. The molecule has 17 heteroatoms. The minimum Gasteiger partial charge on any atom is -0.744 e. The van der Waals surface area contributed by atoms with Crippen molar-refractivity contribution in [2.24, 2.45) is 0 Å². The quantitative estimate of drug-likeness (QED) is 0.0151. The summed E-state index contributed by atoms with van der Waals surface area (Å²) in [6, 6.07) is 6.08. The van der Waals surface area contributed by atoms with Crippen molar-refractivity contribution in [1.82, 2.24) is 0 Å². The topological polar surface area (TPSA) is 220 Å². The first-order valence-corrected chi connectivity index (χ1v) is 30.9. The van der Waals surface area contributed by atoms with Gasteiger partial charge in [-0.3, -0.25) is 0 Å². The number of benzene rings is 2. The summed E-state index contributed by atoms with van der Waals surface area (Å²) in [5, 5.41) is 0. The first-order chi connectivity index (χ1) is 36.6. The van der Waals surface area contributed by atoms with E-state index in [9.17, 15) is 45.1 Å². The SMILES string of the molecule is CCCC/C=C/CCCCCOC(=O)c1ccc(S(=O)(=O)[O-])cc1C(=O)OCCCCC/C=C/CCCC.CCCC/C=C/CCCCCOC(=O)c1ccc(S(=O)(=O)[O-])cc1C(=O)OCCCCC/C=C/CCCC.[Ca+2]. The third-order valence-electron chi connectivity index (χ3n) is 12.0. The second-order valence-electron chi connectivity index (χ2n) is 18.7. The second-order valence-corrected chi connectivity index (χ2v) is 21.5. The van der Waals surface area contributed by atoms with E-state index in [4.69, 9.17) is 18.9 Å². The van der Waals surface area contributed by atoms with Crippen LogP contribution in [0.1, 0.15) is 249 Å². The monoisotopic (exact) mass is 1140 g/mol. The molecule has 2 aromatic carbocycles. The number of carbonyl (C=O) groups excluding carboxylic acids is 4. The number of esters is 4. The maximum atomic E-state index is 12.7. The van der Waals surface area contributed by atoms with Crippen LogP contribution in [0.4, 0.5) is 0 Å². The summed E-state index contributed by atoms with van der Waals surface area (Å²) in [7, 11) is -9.61. The second kappa shape index (κ2) is 47.2. The van der Waals surface area contributed by atoms with Crippen molar-refractivity contribution >= 4 is 81.9 Å². The molecule has 0 saturated heterocycles. The number of rotatable bonds is 42. The molecule has 0 aliphatic rings. The summed E-state index contributed by atoms with van der Waals surface area (Å²) in [6.45, 7) is 9.28. The summed E-state index contributed by atoms with van der Waals surface area (Å²) in [5.41, 5.74) is -0.775. The van der Waals surface area contributed by atoms with E-state index in [1.165, 1.54) is 51.4 Å². The van der Waals surface area contributed by atoms with Gasteiger partial charge in [-0.25, -0.2) is 36.0 Å². The molecular formula is C60H90CaO14S2. The van der Waals surface area contributed by atoms with Crippen molar-refractivity contribution in [2.45, 2.75) is 217 Å². The molecular weight excluding hydrogens is 1050 g/mol. The standard InChI is InChI=1S/2C30H46O7S.Ca/c2*1-3-5-7-9-11-13-15-17-19-23-36-29(31)27-22-21-26(38(33,34)35)25-28(27)30(32)37-24-20-18-16-14-12-10-8-6-4-2;/h2*9-12,21-22,25H,3-8,13-20,23-24H2,1-2H3,(H,33,34,35);/q;;+2/p-2/b2*11-9+,12-10+;. The van der Waals surface area contributed by atoms with Gasteiger partial charge in [0.15, 0.2) is 0 Å². The van der Waals surface area contributed by atoms with E-state index in [-0.39, 0.29) is 86.4 Å². The Morgan fingerprint density at radius 1 is 0.351 bits per heavy atom. The molecule has 2 aromatic rings. The van der Waals surface area contributed by atoms with Gasteiger partial charge in [0.1, 0.15) is 20.2 Å². The average molecular weight is 1140 g/mol. The fourth-order valence-corrected chi connectivity index (χ4v) is 8.41. The van der Waals surface area contributed by atoms with Gasteiger partial charge >= 0.3 is 61.6 Å². The predicted octanol–water partition coefficient (Wildman–Crippen LogP) is 14.7. The van der Waals surface area contributed by atoms with Crippen LogP contribution in [-0.4, -0.2) is 114 Å². The van der Waals surface area contributed by atoms with Gasteiger partial charge in [0.2, 0.25) is 0 Å². The molecule has 0 fully saturated rings. The van der Waals surface area contributed by atoms with E-state index >= 15 is 0 Å². The van der Waals surface area contributed by atoms with Gasteiger partial charge in [-0.15, -0.1) is 0 Å². The summed E-state index contributed by atoms with van der Waals surface area (Å²) in [6.07, 6.45) is 45.3. The molecule has 14 nitrogen and oxygen atoms in total. The van der Waals surface area contributed by atoms with Gasteiger partial charge < -0.3 is 28.1 Å². The zero-order valence-corrected chi connectivity index (χ0v) is 50.8. The third kappa shape index (κ3) is 37.0. The molecule has 0 atom stereocenters. The molecule has 0 spiro atoms. The number of ether oxygens (including phenoxy) is 4. The number of allylic oxidation sites excluding steroid dienone is 8.